The molecule has 1 aromatic carbocycles. The first-order chi connectivity index (χ1) is 10.6. The van der Waals surface area contributed by atoms with Crippen LogP contribution in [0.1, 0.15) is 38.6 Å². The fourth-order valence-corrected chi connectivity index (χ4v) is 3.33. The van der Waals surface area contributed by atoms with Crippen molar-refractivity contribution in [2.45, 2.75) is 33.7 Å². The molecule has 0 spiro atoms. The lowest BCUT2D eigenvalue weighted by Crippen LogP contribution is -2.22. The Bertz CT molecular complexity index is 832. The van der Waals surface area contributed by atoms with Crippen molar-refractivity contribution in [1.82, 2.24) is 10.3 Å². The highest BCUT2D eigenvalue weighted by Crippen LogP contribution is 2.21. The van der Waals surface area contributed by atoms with Gasteiger partial charge in [-0.2, -0.15) is 0 Å². The molecule has 0 aliphatic carbocycles. The average molecular weight is 314 g/mol. The molecule has 3 aromatic rings. The molecule has 0 atom stereocenters. The first-order valence-electron chi connectivity index (χ1n) is 7.30. The number of hydrogen-bond donors (Lipinski definition) is 1. The number of hydrogen-bond acceptors (Lipinski definition) is 4. The van der Waals surface area contributed by atoms with Gasteiger partial charge in [0.1, 0.15) is 11.3 Å². The number of furan rings is 1. The van der Waals surface area contributed by atoms with Crippen LogP contribution >= 0.6 is 11.3 Å². The number of rotatable bonds is 4. The molecule has 1 N–H and O–H groups in total. The summed E-state index contributed by atoms with van der Waals surface area (Å²) in [6.07, 6.45) is 0.927. The van der Waals surface area contributed by atoms with E-state index in [0.717, 1.165) is 38.7 Å². The fourth-order valence-electron chi connectivity index (χ4n) is 2.38. The van der Waals surface area contributed by atoms with E-state index in [4.69, 9.17) is 4.42 Å². The van der Waals surface area contributed by atoms with E-state index < -0.39 is 0 Å². The Kier molecular flexibility index (Phi) is 3.98. The molecule has 0 saturated carbocycles. The van der Waals surface area contributed by atoms with Gasteiger partial charge in [-0.15, -0.1) is 11.3 Å². The molecular weight excluding hydrogens is 296 g/mol. The molecule has 0 bridgehead atoms. The maximum atomic E-state index is 12.3. The monoisotopic (exact) mass is 314 g/mol. The minimum atomic E-state index is -0.0772. The largest absolute Gasteiger partial charge is 0.461 e. The molecule has 2 heterocycles. The highest BCUT2D eigenvalue weighted by Gasteiger charge is 2.11. The second-order valence-electron chi connectivity index (χ2n) is 5.26. The van der Waals surface area contributed by atoms with Crippen molar-refractivity contribution < 1.29 is 9.21 Å². The zero-order valence-corrected chi connectivity index (χ0v) is 13.7. The first-order valence-corrected chi connectivity index (χ1v) is 8.12. The topological polar surface area (TPSA) is 55.1 Å². The fraction of sp³-hybridized carbons (Fsp3) is 0.294. The van der Waals surface area contributed by atoms with Gasteiger partial charge < -0.3 is 9.73 Å². The Morgan fingerprint density at radius 3 is 2.86 bits per heavy atom. The van der Waals surface area contributed by atoms with E-state index in [1.165, 1.54) is 0 Å². The lowest BCUT2D eigenvalue weighted by atomic mass is 10.1. The van der Waals surface area contributed by atoms with Gasteiger partial charge >= 0.3 is 0 Å². The van der Waals surface area contributed by atoms with Gasteiger partial charge in [0.25, 0.3) is 5.91 Å². The summed E-state index contributed by atoms with van der Waals surface area (Å²) >= 11 is 1.66. The molecule has 0 radical (unpaired) electrons. The molecule has 0 saturated heterocycles. The number of amides is 1. The third-order valence-electron chi connectivity index (χ3n) is 3.55. The molecule has 1 amide bonds. The predicted octanol–water partition coefficient (Wildman–Crippen LogP) is 4.00. The number of aryl methyl sites for hydroxylation is 3. The molecule has 5 heteroatoms. The van der Waals surface area contributed by atoms with E-state index in [1.807, 2.05) is 32.0 Å². The zero-order chi connectivity index (χ0) is 15.7. The van der Waals surface area contributed by atoms with Crippen molar-refractivity contribution in [1.29, 1.82) is 0 Å². The Labute approximate surface area is 133 Å². The van der Waals surface area contributed by atoms with Crippen molar-refractivity contribution in [2.24, 2.45) is 0 Å². The Balaban J connectivity index is 1.73. The summed E-state index contributed by atoms with van der Waals surface area (Å²) in [6, 6.07) is 7.42. The molecule has 0 aliphatic rings. The van der Waals surface area contributed by atoms with Gasteiger partial charge in [0.2, 0.25) is 0 Å². The van der Waals surface area contributed by atoms with Crippen LogP contribution in [0.15, 0.2) is 28.7 Å². The second-order valence-corrected chi connectivity index (χ2v) is 6.43. The normalized spacial score (nSPS) is 11.0. The zero-order valence-electron chi connectivity index (χ0n) is 12.9. The maximum Gasteiger partial charge on any atom is 0.251 e. The molecular formula is C17H18N2O2S. The summed E-state index contributed by atoms with van der Waals surface area (Å²) in [4.78, 5) is 17.9. The number of fused-ring (bicyclic) bond motifs is 1. The van der Waals surface area contributed by atoms with Crippen LogP contribution in [0.25, 0.3) is 11.0 Å². The molecule has 0 fully saturated rings. The molecule has 4 nitrogen and oxygen atoms in total. The molecule has 0 aliphatic heterocycles. The Morgan fingerprint density at radius 2 is 2.14 bits per heavy atom. The molecule has 114 valence electrons. The number of benzene rings is 1. The number of nitrogens with zero attached hydrogens (tertiary/aromatic N) is 1. The number of thiazole rings is 1. The van der Waals surface area contributed by atoms with Gasteiger partial charge in [-0.05, 0) is 44.5 Å². The minimum absolute atomic E-state index is 0.0772. The smallest absolute Gasteiger partial charge is 0.251 e. The van der Waals surface area contributed by atoms with E-state index in [9.17, 15) is 4.79 Å². The maximum absolute atomic E-state index is 12.3. The second kappa shape index (κ2) is 5.93. The van der Waals surface area contributed by atoms with Crippen LogP contribution < -0.4 is 5.32 Å². The van der Waals surface area contributed by atoms with Crippen LogP contribution in [-0.4, -0.2) is 10.9 Å². The third kappa shape index (κ3) is 2.90. The van der Waals surface area contributed by atoms with E-state index in [-0.39, 0.29) is 5.91 Å². The summed E-state index contributed by atoms with van der Waals surface area (Å²) in [6.45, 7) is 6.49. The van der Waals surface area contributed by atoms with Gasteiger partial charge in [0.05, 0.1) is 17.2 Å². The predicted molar refractivity (Wildman–Crippen MR) is 88.4 cm³/mol. The first kappa shape index (κ1) is 14.8. The van der Waals surface area contributed by atoms with Crippen LogP contribution in [0.3, 0.4) is 0 Å². The lowest BCUT2D eigenvalue weighted by Gasteiger charge is -2.04. The highest BCUT2D eigenvalue weighted by atomic mass is 32.1. The number of aromatic nitrogens is 1. The number of carbonyl (C=O) groups is 1. The van der Waals surface area contributed by atoms with Crippen LogP contribution in [-0.2, 0) is 13.0 Å². The van der Waals surface area contributed by atoms with Gasteiger partial charge in [-0.1, -0.05) is 6.92 Å². The summed E-state index contributed by atoms with van der Waals surface area (Å²) < 4.78 is 5.52. The van der Waals surface area contributed by atoms with Crippen molar-refractivity contribution in [3.63, 3.8) is 0 Å². The summed E-state index contributed by atoms with van der Waals surface area (Å²) in [5.41, 5.74) is 2.45. The molecule has 0 unspecified atom stereocenters. The molecule has 2 aromatic heterocycles. The highest BCUT2D eigenvalue weighted by molar-refractivity contribution is 7.11. The Morgan fingerprint density at radius 1 is 1.32 bits per heavy atom. The van der Waals surface area contributed by atoms with Gasteiger partial charge in [0.15, 0.2) is 0 Å². The van der Waals surface area contributed by atoms with Crippen molar-refractivity contribution >= 4 is 28.2 Å². The van der Waals surface area contributed by atoms with E-state index in [2.05, 4.69) is 17.2 Å². The standard InChI is InChI=1S/C17H18N2O2S/c1-4-16-19-11(3)15(22-16)9-18-17(20)12-5-6-14-13(8-12)7-10(2)21-14/h5-8H,4,9H2,1-3H3,(H,18,20). The summed E-state index contributed by atoms with van der Waals surface area (Å²) in [5, 5.41) is 5.03. The van der Waals surface area contributed by atoms with Crippen LogP contribution in [0.5, 0.6) is 0 Å². The molecule has 3 rings (SSSR count). The van der Waals surface area contributed by atoms with Gasteiger partial charge in [-0.3, -0.25) is 4.79 Å². The van der Waals surface area contributed by atoms with Crippen molar-refractivity contribution in [2.75, 3.05) is 0 Å². The average Bonchev–Trinajstić information content (AvgIpc) is 3.05. The number of carbonyl (C=O) groups excluding carboxylic acids is 1. The Hall–Kier alpha value is -2.14. The van der Waals surface area contributed by atoms with E-state index in [0.29, 0.717) is 12.1 Å². The van der Waals surface area contributed by atoms with Crippen LogP contribution in [0, 0.1) is 13.8 Å². The quantitative estimate of drug-likeness (QED) is 0.792. The summed E-state index contributed by atoms with van der Waals surface area (Å²) in [7, 11) is 0. The van der Waals surface area contributed by atoms with E-state index >= 15 is 0 Å². The minimum Gasteiger partial charge on any atom is -0.461 e. The van der Waals surface area contributed by atoms with Crippen molar-refractivity contribution in [3.8, 4) is 0 Å². The van der Waals surface area contributed by atoms with Gasteiger partial charge in [0, 0.05) is 15.8 Å². The van der Waals surface area contributed by atoms with Crippen molar-refractivity contribution in [3.05, 3.63) is 51.2 Å². The van der Waals surface area contributed by atoms with Crippen LogP contribution in [0.2, 0.25) is 0 Å². The van der Waals surface area contributed by atoms with Gasteiger partial charge in [-0.25, -0.2) is 4.98 Å². The summed E-state index contributed by atoms with van der Waals surface area (Å²) in [5.74, 6) is 0.770. The third-order valence-corrected chi connectivity index (χ3v) is 4.85. The molecule has 22 heavy (non-hydrogen) atoms. The van der Waals surface area contributed by atoms with E-state index in [1.54, 1.807) is 17.4 Å². The lowest BCUT2D eigenvalue weighted by molar-refractivity contribution is 0.0951. The van der Waals surface area contributed by atoms with Crippen LogP contribution in [0.4, 0.5) is 0 Å². The SMILES string of the molecule is CCc1nc(C)c(CNC(=O)c2ccc3oc(C)cc3c2)s1. The number of nitrogens with one attached hydrogen (secondary N) is 1.